The molecule has 4 heteroatoms. The summed E-state index contributed by atoms with van der Waals surface area (Å²) in [5.74, 6) is 0.963. The molecule has 0 saturated carbocycles. The Morgan fingerprint density at radius 2 is 1.91 bits per heavy atom. The molecule has 4 nitrogen and oxygen atoms in total. The zero-order chi connectivity index (χ0) is 16.1. The van der Waals surface area contributed by atoms with Crippen LogP contribution in [0.5, 0.6) is 11.5 Å². The molecule has 0 radical (unpaired) electrons. The molecular weight excluding hydrogens is 280 g/mol. The summed E-state index contributed by atoms with van der Waals surface area (Å²) in [6, 6.07) is 9.91. The molecule has 1 unspecified atom stereocenters. The van der Waals surface area contributed by atoms with Crippen LogP contribution in [0, 0.1) is 0 Å². The number of carboxylic acid groups (broad SMARTS) is 1. The van der Waals surface area contributed by atoms with E-state index in [1.165, 1.54) is 0 Å². The smallest absolute Gasteiger partial charge is 0.303 e. The minimum atomic E-state index is -0.768. The fourth-order valence-electron chi connectivity index (χ4n) is 2.88. The molecule has 0 amide bonds. The van der Waals surface area contributed by atoms with Crippen molar-refractivity contribution < 1.29 is 19.4 Å². The second kappa shape index (κ2) is 7.16. The monoisotopic (exact) mass is 302 g/mol. The lowest BCUT2D eigenvalue weighted by Crippen LogP contribution is -2.05. The Balaban J connectivity index is 2.57. The molecule has 1 atom stereocenters. The number of carbonyl (C=O) groups is 1. The van der Waals surface area contributed by atoms with E-state index >= 15 is 0 Å². The third kappa shape index (κ3) is 3.32. The van der Waals surface area contributed by atoms with Crippen LogP contribution < -0.4 is 9.47 Å². The van der Waals surface area contributed by atoms with Crippen LogP contribution in [0.4, 0.5) is 0 Å². The number of ether oxygens (including phenoxy) is 2. The lowest BCUT2D eigenvalue weighted by atomic mass is 9.87. The summed E-state index contributed by atoms with van der Waals surface area (Å²) in [5, 5.41) is 11.1. The highest BCUT2D eigenvalue weighted by atomic mass is 16.5. The zero-order valence-corrected chi connectivity index (χ0v) is 13.3. The van der Waals surface area contributed by atoms with Crippen LogP contribution in [-0.2, 0) is 4.79 Å². The molecule has 1 N–H and O–H groups in total. The van der Waals surface area contributed by atoms with Crippen molar-refractivity contribution in [2.45, 2.75) is 32.1 Å². The van der Waals surface area contributed by atoms with Gasteiger partial charge in [0, 0.05) is 12.0 Å². The molecule has 0 bridgehead atoms. The van der Waals surface area contributed by atoms with Crippen molar-refractivity contribution in [3.63, 3.8) is 0 Å². The average Bonchev–Trinajstić information content (AvgIpc) is 2.54. The van der Waals surface area contributed by atoms with Gasteiger partial charge in [0.25, 0.3) is 0 Å². The van der Waals surface area contributed by atoms with E-state index in [4.69, 9.17) is 14.6 Å². The molecule has 0 aliphatic heterocycles. The maximum atomic E-state index is 10.9. The lowest BCUT2D eigenvalue weighted by molar-refractivity contribution is -0.137. The van der Waals surface area contributed by atoms with Gasteiger partial charge in [-0.3, -0.25) is 4.79 Å². The predicted octanol–water partition coefficient (Wildman–Crippen LogP) is 4.22. The Morgan fingerprint density at radius 1 is 1.18 bits per heavy atom. The van der Waals surface area contributed by atoms with Gasteiger partial charge in [0.15, 0.2) is 0 Å². The average molecular weight is 302 g/mol. The summed E-state index contributed by atoms with van der Waals surface area (Å²) >= 11 is 0. The summed E-state index contributed by atoms with van der Waals surface area (Å²) < 4.78 is 10.9. The number of fused-ring (bicyclic) bond motifs is 1. The van der Waals surface area contributed by atoms with Crippen molar-refractivity contribution in [1.82, 2.24) is 0 Å². The van der Waals surface area contributed by atoms with Crippen LogP contribution >= 0.6 is 0 Å². The van der Waals surface area contributed by atoms with Crippen molar-refractivity contribution in [2.24, 2.45) is 0 Å². The normalized spacial score (nSPS) is 12.1. The van der Waals surface area contributed by atoms with Crippen LogP contribution in [0.15, 0.2) is 30.3 Å². The third-order valence-electron chi connectivity index (χ3n) is 4.06. The predicted molar refractivity (Wildman–Crippen MR) is 87.0 cm³/mol. The molecule has 2 aromatic rings. The SMILES string of the molecule is CCC(CCC(=O)O)c1c(OC)ccc2ccc(OC)cc12. The van der Waals surface area contributed by atoms with E-state index in [9.17, 15) is 4.79 Å². The van der Waals surface area contributed by atoms with Crippen molar-refractivity contribution in [3.8, 4) is 11.5 Å². The maximum Gasteiger partial charge on any atom is 0.303 e. The number of methoxy groups -OCH3 is 2. The van der Waals surface area contributed by atoms with Crippen molar-refractivity contribution in [1.29, 1.82) is 0 Å². The van der Waals surface area contributed by atoms with Gasteiger partial charge in [0.05, 0.1) is 14.2 Å². The molecular formula is C18H22O4. The fraction of sp³-hybridized carbons (Fsp3) is 0.389. The lowest BCUT2D eigenvalue weighted by Gasteiger charge is -2.20. The summed E-state index contributed by atoms with van der Waals surface area (Å²) in [4.78, 5) is 10.9. The first kappa shape index (κ1) is 16.1. The molecule has 118 valence electrons. The van der Waals surface area contributed by atoms with Gasteiger partial charge >= 0.3 is 5.97 Å². The van der Waals surface area contributed by atoms with Crippen LogP contribution in [-0.4, -0.2) is 25.3 Å². The Bertz CT molecular complexity index is 658. The van der Waals surface area contributed by atoms with Crippen molar-refractivity contribution >= 4 is 16.7 Å². The van der Waals surface area contributed by atoms with Crippen LogP contribution in [0.3, 0.4) is 0 Å². The van der Waals surface area contributed by atoms with E-state index in [1.807, 2.05) is 30.3 Å². The minimum absolute atomic E-state index is 0.141. The molecule has 0 spiro atoms. The Morgan fingerprint density at radius 3 is 2.50 bits per heavy atom. The molecule has 0 aromatic heterocycles. The van der Waals surface area contributed by atoms with Gasteiger partial charge in [-0.05, 0) is 47.7 Å². The Hall–Kier alpha value is -2.23. The van der Waals surface area contributed by atoms with Gasteiger partial charge < -0.3 is 14.6 Å². The van der Waals surface area contributed by atoms with E-state index in [1.54, 1.807) is 14.2 Å². The van der Waals surface area contributed by atoms with Gasteiger partial charge in [-0.25, -0.2) is 0 Å². The van der Waals surface area contributed by atoms with Gasteiger partial charge in [-0.2, -0.15) is 0 Å². The molecule has 0 fully saturated rings. The van der Waals surface area contributed by atoms with Crippen molar-refractivity contribution in [2.75, 3.05) is 14.2 Å². The second-order valence-corrected chi connectivity index (χ2v) is 5.31. The first-order valence-electron chi connectivity index (χ1n) is 7.47. The number of rotatable bonds is 7. The molecule has 0 aliphatic rings. The van der Waals surface area contributed by atoms with Crippen molar-refractivity contribution in [3.05, 3.63) is 35.9 Å². The number of benzene rings is 2. The van der Waals surface area contributed by atoms with E-state index in [0.29, 0.717) is 6.42 Å². The third-order valence-corrected chi connectivity index (χ3v) is 4.06. The highest BCUT2D eigenvalue weighted by Gasteiger charge is 2.19. The van der Waals surface area contributed by atoms with Gasteiger partial charge in [0.1, 0.15) is 11.5 Å². The first-order valence-corrected chi connectivity index (χ1v) is 7.47. The van der Waals surface area contributed by atoms with Gasteiger partial charge in [-0.1, -0.05) is 19.1 Å². The summed E-state index contributed by atoms with van der Waals surface area (Å²) in [6.45, 7) is 2.07. The summed E-state index contributed by atoms with van der Waals surface area (Å²) in [7, 11) is 3.29. The standard InChI is InChI=1S/C18H22O4/c1-4-12(7-10-17(19)20)18-15-11-14(21-2)8-5-13(15)6-9-16(18)22-3/h5-6,8-9,11-12H,4,7,10H2,1-3H3,(H,19,20). The largest absolute Gasteiger partial charge is 0.497 e. The number of hydrogen-bond donors (Lipinski definition) is 1. The van der Waals surface area contributed by atoms with E-state index in [0.717, 1.165) is 34.3 Å². The van der Waals surface area contributed by atoms with E-state index in [2.05, 4.69) is 6.92 Å². The number of carboxylic acids is 1. The highest BCUT2D eigenvalue weighted by Crippen LogP contribution is 2.39. The van der Waals surface area contributed by atoms with Crippen LogP contribution in [0.2, 0.25) is 0 Å². The molecule has 2 rings (SSSR count). The molecule has 22 heavy (non-hydrogen) atoms. The number of hydrogen-bond acceptors (Lipinski definition) is 3. The van der Waals surface area contributed by atoms with Gasteiger partial charge in [-0.15, -0.1) is 0 Å². The van der Waals surface area contributed by atoms with E-state index in [-0.39, 0.29) is 12.3 Å². The quantitative estimate of drug-likeness (QED) is 0.832. The molecule has 2 aromatic carbocycles. The van der Waals surface area contributed by atoms with Gasteiger partial charge in [0.2, 0.25) is 0 Å². The first-order chi connectivity index (χ1) is 10.6. The minimum Gasteiger partial charge on any atom is -0.497 e. The zero-order valence-electron chi connectivity index (χ0n) is 13.3. The Labute approximate surface area is 130 Å². The van der Waals surface area contributed by atoms with Crippen LogP contribution in [0.1, 0.15) is 37.7 Å². The maximum absolute atomic E-state index is 10.9. The summed E-state index contributed by atoms with van der Waals surface area (Å²) in [6.07, 6.45) is 1.61. The van der Waals surface area contributed by atoms with E-state index < -0.39 is 5.97 Å². The van der Waals surface area contributed by atoms with Crippen LogP contribution in [0.25, 0.3) is 10.8 Å². The summed E-state index contributed by atoms with van der Waals surface area (Å²) in [5.41, 5.74) is 1.07. The highest BCUT2D eigenvalue weighted by molar-refractivity contribution is 5.89. The number of aliphatic carboxylic acids is 1. The topological polar surface area (TPSA) is 55.8 Å². The Kier molecular flexibility index (Phi) is 5.26. The second-order valence-electron chi connectivity index (χ2n) is 5.31. The fourth-order valence-corrected chi connectivity index (χ4v) is 2.88. The molecule has 0 aliphatic carbocycles. The molecule has 0 heterocycles. The molecule has 0 saturated heterocycles.